The van der Waals surface area contributed by atoms with Crippen LogP contribution in [0.1, 0.15) is 16.9 Å². The zero-order valence-corrected chi connectivity index (χ0v) is 9.43. The van der Waals surface area contributed by atoms with E-state index >= 15 is 0 Å². The number of rotatable bonds is 5. The molecule has 0 N–H and O–H groups in total. The summed E-state index contributed by atoms with van der Waals surface area (Å²) < 4.78 is 6.61. The number of nitrogens with zero attached hydrogens (tertiary/aromatic N) is 2. The van der Waals surface area contributed by atoms with Crippen LogP contribution in [0.15, 0.2) is 6.20 Å². The number of carbonyl (C=O) groups is 1. The van der Waals surface area contributed by atoms with Gasteiger partial charge in [0.05, 0.1) is 13.3 Å². The van der Waals surface area contributed by atoms with E-state index in [2.05, 4.69) is 5.10 Å². The molecular formula is C9H14N2O2S. The van der Waals surface area contributed by atoms with E-state index in [-0.39, 0.29) is 5.78 Å². The minimum atomic E-state index is 0.0798. The van der Waals surface area contributed by atoms with Gasteiger partial charge in [-0.25, -0.2) is 0 Å². The second-order valence-corrected chi connectivity index (χ2v) is 3.84. The van der Waals surface area contributed by atoms with E-state index in [0.29, 0.717) is 17.9 Å². The molecule has 0 unspecified atom stereocenters. The zero-order chi connectivity index (χ0) is 10.6. The summed E-state index contributed by atoms with van der Waals surface area (Å²) in [4.78, 5) is 11.7. The van der Waals surface area contributed by atoms with Crippen LogP contribution in [0.5, 0.6) is 5.75 Å². The summed E-state index contributed by atoms with van der Waals surface area (Å²) in [6.07, 6.45) is 4.07. The second-order valence-electron chi connectivity index (χ2n) is 2.85. The first kappa shape index (κ1) is 11.1. The monoisotopic (exact) mass is 214 g/mol. The van der Waals surface area contributed by atoms with Crippen LogP contribution in [-0.2, 0) is 7.05 Å². The number of ether oxygens (including phenoxy) is 1. The fraction of sp³-hybridized carbons (Fsp3) is 0.556. The molecule has 1 heterocycles. The summed E-state index contributed by atoms with van der Waals surface area (Å²) in [5.41, 5.74) is 0.557. The molecule has 0 saturated carbocycles. The van der Waals surface area contributed by atoms with Crippen LogP contribution in [0.2, 0.25) is 0 Å². The van der Waals surface area contributed by atoms with Crippen molar-refractivity contribution in [3.63, 3.8) is 0 Å². The molecule has 1 aromatic heterocycles. The third-order valence-corrected chi connectivity index (χ3v) is 2.53. The summed E-state index contributed by atoms with van der Waals surface area (Å²) in [5, 5.41) is 3.98. The molecule has 0 aliphatic carbocycles. The Morgan fingerprint density at radius 3 is 3.00 bits per heavy atom. The summed E-state index contributed by atoms with van der Waals surface area (Å²) in [6.45, 7) is 0. The Hall–Kier alpha value is -0.970. The van der Waals surface area contributed by atoms with Crippen LogP contribution in [0.3, 0.4) is 0 Å². The summed E-state index contributed by atoms with van der Waals surface area (Å²) in [5.74, 6) is 1.46. The van der Waals surface area contributed by atoms with Crippen molar-refractivity contribution in [1.82, 2.24) is 9.78 Å². The first-order valence-corrected chi connectivity index (χ1v) is 5.68. The standard InChI is InChI=1S/C9H14N2O2S/c1-11-9(7(12)4-5-14-3)8(13-2)6-10-11/h6H,4-5H2,1-3H3. The Labute approximate surface area is 87.6 Å². The van der Waals surface area contributed by atoms with Crippen LogP contribution >= 0.6 is 11.8 Å². The molecule has 0 aromatic carbocycles. The molecule has 1 rings (SSSR count). The molecule has 4 nitrogen and oxygen atoms in total. The van der Waals surface area contributed by atoms with Gasteiger partial charge in [-0.3, -0.25) is 9.48 Å². The number of methoxy groups -OCH3 is 1. The molecule has 0 aliphatic heterocycles. The van der Waals surface area contributed by atoms with E-state index in [4.69, 9.17) is 4.74 Å². The number of ketones is 1. The number of thioether (sulfide) groups is 1. The molecule has 78 valence electrons. The summed E-state index contributed by atoms with van der Waals surface area (Å²) in [7, 11) is 3.29. The Morgan fingerprint density at radius 1 is 1.71 bits per heavy atom. The lowest BCUT2D eigenvalue weighted by atomic mass is 10.2. The number of Topliss-reactive ketones (excluding diaryl/α,β-unsaturated/α-hetero) is 1. The molecule has 0 radical (unpaired) electrons. The van der Waals surface area contributed by atoms with Gasteiger partial charge in [-0.1, -0.05) is 0 Å². The van der Waals surface area contributed by atoms with Crippen molar-refractivity contribution in [2.75, 3.05) is 19.1 Å². The maximum Gasteiger partial charge on any atom is 0.185 e. The predicted octanol–water partition coefficient (Wildman–Crippen LogP) is 1.36. The van der Waals surface area contributed by atoms with Gasteiger partial charge in [0.15, 0.2) is 11.5 Å². The van der Waals surface area contributed by atoms with Gasteiger partial charge in [0, 0.05) is 19.2 Å². The van der Waals surface area contributed by atoms with E-state index in [1.807, 2.05) is 6.26 Å². The fourth-order valence-corrected chi connectivity index (χ4v) is 1.59. The number of aromatic nitrogens is 2. The van der Waals surface area contributed by atoms with Crippen LogP contribution in [0.25, 0.3) is 0 Å². The number of hydrogen-bond donors (Lipinski definition) is 0. The van der Waals surface area contributed by atoms with E-state index in [0.717, 1.165) is 5.75 Å². The van der Waals surface area contributed by atoms with Crippen LogP contribution in [0, 0.1) is 0 Å². The summed E-state index contributed by atoms with van der Waals surface area (Å²) >= 11 is 1.66. The van der Waals surface area contributed by atoms with Gasteiger partial charge in [-0.15, -0.1) is 0 Å². The van der Waals surface area contributed by atoms with E-state index in [9.17, 15) is 4.79 Å². The maximum absolute atomic E-state index is 11.7. The average molecular weight is 214 g/mol. The van der Waals surface area contributed by atoms with Crippen molar-refractivity contribution in [2.45, 2.75) is 6.42 Å². The van der Waals surface area contributed by atoms with Crippen molar-refractivity contribution in [1.29, 1.82) is 0 Å². The highest BCUT2D eigenvalue weighted by Crippen LogP contribution is 2.18. The van der Waals surface area contributed by atoms with Crippen molar-refractivity contribution < 1.29 is 9.53 Å². The minimum absolute atomic E-state index is 0.0798. The topological polar surface area (TPSA) is 44.1 Å². The Kier molecular flexibility index (Phi) is 4.00. The third-order valence-electron chi connectivity index (χ3n) is 1.92. The first-order valence-electron chi connectivity index (χ1n) is 4.28. The van der Waals surface area contributed by atoms with Gasteiger partial charge in [0.2, 0.25) is 0 Å². The lowest BCUT2D eigenvalue weighted by Crippen LogP contribution is -2.09. The molecule has 0 bridgehead atoms. The molecule has 14 heavy (non-hydrogen) atoms. The third kappa shape index (κ3) is 2.29. The quantitative estimate of drug-likeness (QED) is 0.694. The summed E-state index contributed by atoms with van der Waals surface area (Å²) in [6, 6.07) is 0. The number of aryl methyl sites for hydroxylation is 1. The average Bonchev–Trinajstić information content (AvgIpc) is 2.56. The Morgan fingerprint density at radius 2 is 2.43 bits per heavy atom. The molecule has 0 fully saturated rings. The minimum Gasteiger partial charge on any atom is -0.493 e. The smallest absolute Gasteiger partial charge is 0.185 e. The van der Waals surface area contributed by atoms with Crippen molar-refractivity contribution in [2.24, 2.45) is 7.05 Å². The number of hydrogen-bond acceptors (Lipinski definition) is 4. The van der Waals surface area contributed by atoms with E-state index in [1.165, 1.54) is 0 Å². The largest absolute Gasteiger partial charge is 0.493 e. The van der Waals surface area contributed by atoms with Gasteiger partial charge in [-0.2, -0.15) is 16.9 Å². The lowest BCUT2D eigenvalue weighted by molar-refractivity contribution is 0.0977. The Balaban J connectivity index is 2.82. The normalized spacial score (nSPS) is 10.2. The van der Waals surface area contributed by atoms with Crippen molar-refractivity contribution >= 4 is 17.5 Å². The van der Waals surface area contributed by atoms with E-state index in [1.54, 1.807) is 36.8 Å². The number of carbonyl (C=O) groups excluding carboxylic acids is 1. The van der Waals surface area contributed by atoms with Crippen molar-refractivity contribution in [3.05, 3.63) is 11.9 Å². The SMILES string of the molecule is COc1cnn(C)c1C(=O)CCSC. The first-order chi connectivity index (χ1) is 6.70. The van der Waals surface area contributed by atoms with E-state index < -0.39 is 0 Å². The van der Waals surface area contributed by atoms with Gasteiger partial charge in [0.25, 0.3) is 0 Å². The maximum atomic E-state index is 11.7. The molecule has 0 spiro atoms. The van der Waals surface area contributed by atoms with Gasteiger partial charge in [0.1, 0.15) is 5.69 Å². The fourth-order valence-electron chi connectivity index (χ4n) is 1.20. The van der Waals surface area contributed by atoms with Crippen LogP contribution < -0.4 is 4.74 Å². The molecule has 1 aromatic rings. The highest BCUT2D eigenvalue weighted by Gasteiger charge is 2.16. The molecule has 0 aliphatic rings. The van der Waals surface area contributed by atoms with Gasteiger partial charge < -0.3 is 4.74 Å². The molecule has 0 atom stereocenters. The van der Waals surface area contributed by atoms with Crippen molar-refractivity contribution in [3.8, 4) is 5.75 Å². The molecule has 0 amide bonds. The molecule has 5 heteroatoms. The molecular weight excluding hydrogens is 200 g/mol. The highest BCUT2D eigenvalue weighted by atomic mass is 32.2. The van der Waals surface area contributed by atoms with Crippen LogP contribution in [0.4, 0.5) is 0 Å². The second kappa shape index (κ2) is 5.05. The highest BCUT2D eigenvalue weighted by molar-refractivity contribution is 7.98. The van der Waals surface area contributed by atoms with Gasteiger partial charge in [-0.05, 0) is 6.26 Å². The van der Waals surface area contributed by atoms with Crippen LogP contribution in [-0.4, -0.2) is 34.7 Å². The Bertz CT molecular complexity index is 323. The predicted molar refractivity (Wildman–Crippen MR) is 57.1 cm³/mol. The van der Waals surface area contributed by atoms with Gasteiger partial charge >= 0.3 is 0 Å². The lowest BCUT2D eigenvalue weighted by Gasteiger charge is -2.03. The zero-order valence-electron chi connectivity index (χ0n) is 8.61. The molecule has 0 saturated heterocycles.